The fourth-order valence-corrected chi connectivity index (χ4v) is 3.77. The van der Waals surface area contributed by atoms with E-state index in [4.69, 9.17) is 27.9 Å². The van der Waals surface area contributed by atoms with Crippen LogP contribution in [0.2, 0.25) is 5.02 Å². The lowest BCUT2D eigenvalue weighted by molar-refractivity contribution is 0.415. The van der Waals surface area contributed by atoms with Crippen molar-refractivity contribution in [3.05, 3.63) is 62.7 Å². The normalized spacial score (nSPS) is 10.9. The van der Waals surface area contributed by atoms with Crippen molar-refractivity contribution in [3.63, 3.8) is 0 Å². The van der Waals surface area contributed by atoms with Gasteiger partial charge in [0.15, 0.2) is 0 Å². The molecule has 6 heteroatoms. The lowest BCUT2D eigenvalue weighted by Crippen LogP contribution is -2.03. The quantitative estimate of drug-likeness (QED) is 0.472. The van der Waals surface area contributed by atoms with Crippen LogP contribution in [0.5, 0.6) is 5.75 Å². The molecule has 0 aliphatic carbocycles. The number of alkyl halides is 1. The summed E-state index contributed by atoms with van der Waals surface area (Å²) in [6, 6.07) is 9.85. The predicted octanol–water partition coefficient (Wildman–Crippen LogP) is 6.32. The van der Waals surface area contributed by atoms with Gasteiger partial charge in [0.25, 0.3) is 0 Å². The number of halogens is 3. The van der Waals surface area contributed by atoms with Gasteiger partial charge in [-0.25, -0.2) is 0 Å². The number of nitrogens with one attached hydrogen (secondary N) is 1. The summed E-state index contributed by atoms with van der Waals surface area (Å²) in [5.74, 6) is 1.09. The second-order valence-electron chi connectivity index (χ2n) is 5.73. The van der Waals surface area contributed by atoms with E-state index in [0.29, 0.717) is 23.2 Å². The predicted molar refractivity (Wildman–Crippen MR) is 109 cm³/mol. The highest BCUT2D eigenvalue weighted by atomic mass is 79.9. The van der Waals surface area contributed by atoms with Gasteiger partial charge >= 0.3 is 0 Å². The number of hydrogen-bond acceptors (Lipinski definition) is 3. The molecule has 3 nitrogen and oxygen atoms in total. The molecular weight excluding hydrogens is 423 g/mol. The van der Waals surface area contributed by atoms with Crippen molar-refractivity contribution in [2.45, 2.75) is 19.3 Å². The number of ether oxygens (including phenoxy) is 1. The Balaban J connectivity index is 1.97. The zero-order valence-electron chi connectivity index (χ0n) is 13.9. The van der Waals surface area contributed by atoms with Crippen LogP contribution in [-0.4, -0.2) is 12.1 Å². The molecule has 0 aliphatic rings. The maximum absolute atomic E-state index is 6.21. The fraction of sp³-hybridized carbons (Fsp3) is 0.211. The Hall–Kier alpha value is -1.49. The second kappa shape index (κ2) is 7.81. The highest BCUT2D eigenvalue weighted by Crippen LogP contribution is 2.32. The molecule has 0 unspecified atom stereocenters. The highest BCUT2D eigenvalue weighted by Gasteiger charge is 2.11. The number of rotatable bonds is 5. The number of anilines is 1. The Bertz CT molecular complexity index is 931. The highest BCUT2D eigenvalue weighted by molar-refractivity contribution is 9.10. The van der Waals surface area contributed by atoms with Crippen LogP contribution in [-0.2, 0) is 12.4 Å². The third kappa shape index (κ3) is 3.86. The van der Waals surface area contributed by atoms with Crippen LogP contribution in [0, 0.1) is 6.92 Å². The average molecular weight is 440 g/mol. The molecule has 1 heterocycles. The Morgan fingerprint density at radius 3 is 2.72 bits per heavy atom. The molecule has 0 radical (unpaired) electrons. The van der Waals surface area contributed by atoms with Crippen LogP contribution < -0.4 is 10.1 Å². The summed E-state index contributed by atoms with van der Waals surface area (Å²) < 4.78 is 6.18. The number of aryl methyl sites for hydroxylation is 1. The van der Waals surface area contributed by atoms with E-state index >= 15 is 0 Å². The van der Waals surface area contributed by atoms with Crippen molar-refractivity contribution < 1.29 is 4.74 Å². The summed E-state index contributed by atoms with van der Waals surface area (Å²) in [5.41, 5.74) is 5.11. The summed E-state index contributed by atoms with van der Waals surface area (Å²) in [4.78, 5) is 4.56. The van der Waals surface area contributed by atoms with E-state index in [1.807, 2.05) is 37.4 Å². The maximum Gasteiger partial charge on any atom is 0.137 e. The van der Waals surface area contributed by atoms with Crippen LogP contribution in [0.15, 0.2) is 41.0 Å². The molecule has 3 rings (SSSR count). The summed E-state index contributed by atoms with van der Waals surface area (Å²) in [6.07, 6.45) is 1.87. The first-order chi connectivity index (χ1) is 12.0. The first kappa shape index (κ1) is 18.3. The minimum absolute atomic E-state index is 0.416. The molecular formula is C19H17BrCl2N2O. The first-order valence-electron chi connectivity index (χ1n) is 7.73. The molecule has 0 bridgehead atoms. The largest absolute Gasteiger partial charge is 0.495 e. The summed E-state index contributed by atoms with van der Waals surface area (Å²) in [7, 11) is 1.61. The second-order valence-corrected chi connectivity index (χ2v) is 7.32. The number of benzene rings is 2. The van der Waals surface area contributed by atoms with Crippen LogP contribution in [0.3, 0.4) is 0 Å². The molecule has 130 valence electrons. The molecule has 1 N–H and O–H groups in total. The molecule has 2 aromatic carbocycles. The van der Waals surface area contributed by atoms with Crippen molar-refractivity contribution >= 4 is 55.7 Å². The summed E-state index contributed by atoms with van der Waals surface area (Å²) >= 11 is 15.9. The van der Waals surface area contributed by atoms with Gasteiger partial charge in [0, 0.05) is 34.2 Å². The number of pyridine rings is 1. The van der Waals surface area contributed by atoms with Crippen molar-refractivity contribution in [2.75, 3.05) is 12.4 Å². The number of aromatic nitrogens is 1. The van der Waals surface area contributed by atoms with E-state index in [1.54, 1.807) is 7.11 Å². The Kier molecular flexibility index (Phi) is 5.72. The van der Waals surface area contributed by atoms with Gasteiger partial charge in [-0.15, -0.1) is 11.6 Å². The van der Waals surface area contributed by atoms with Crippen molar-refractivity contribution in [2.24, 2.45) is 0 Å². The van der Waals surface area contributed by atoms with E-state index in [1.165, 1.54) is 0 Å². The average Bonchev–Trinajstić information content (AvgIpc) is 2.60. The Morgan fingerprint density at radius 2 is 2.04 bits per heavy atom. The van der Waals surface area contributed by atoms with Crippen LogP contribution >= 0.6 is 39.1 Å². The van der Waals surface area contributed by atoms with E-state index in [-0.39, 0.29) is 0 Å². The van der Waals surface area contributed by atoms with Gasteiger partial charge in [0.05, 0.1) is 17.6 Å². The lowest BCUT2D eigenvalue weighted by atomic mass is 10.1. The minimum atomic E-state index is 0.416. The SMILES string of the molecule is COc1ccc(CNc2c(C)cnc3c(CCl)cc(Br)cc23)cc1Cl. The molecule has 3 aromatic rings. The topological polar surface area (TPSA) is 34.1 Å². The van der Waals surface area contributed by atoms with Crippen LogP contribution in [0.1, 0.15) is 16.7 Å². The molecule has 25 heavy (non-hydrogen) atoms. The van der Waals surface area contributed by atoms with E-state index in [2.05, 4.69) is 32.3 Å². The van der Waals surface area contributed by atoms with Crippen LogP contribution in [0.25, 0.3) is 10.9 Å². The summed E-state index contributed by atoms with van der Waals surface area (Å²) in [6.45, 7) is 2.68. The van der Waals surface area contributed by atoms with Crippen molar-refractivity contribution in [1.82, 2.24) is 4.98 Å². The van der Waals surface area contributed by atoms with Gasteiger partial charge in [-0.05, 0) is 47.9 Å². The van der Waals surface area contributed by atoms with Crippen molar-refractivity contribution in [1.29, 1.82) is 0 Å². The van der Waals surface area contributed by atoms with Gasteiger partial charge in [0.1, 0.15) is 5.75 Å². The summed E-state index contributed by atoms with van der Waals surface area (Å²) in [5, 5.41) is 5.16. The van der Waals surface area contributed by atoms with Gasteiger partial charge in [-0.3, -0.25) is 4.98 Å². The first-order valence-corrected chi connectivity index (χ1v) is 9.44. The standard InChI is InChI=1S/C19H17BrCl2N2O/c1-11-9-23-19-13(8-21)6-14(20)7-15(19)18(11)24-10-12-3-4-17(25-2)16(22)5-12/h3-7,9H,8,10H2,1-2H3,(H,23,24). The Morgan fingerprint density at radius 1 is 1.24 bits per heavy atom. The molecule has 0 saturated carbocycles. The van der Waals surface area contributed by atoms with E-state index < -0.39 is 0 Å². The molecule has 0 aliphatic heterocycles. The molecule has 0 fully saturated rings. The third-order valence-corrected chi connectivity index (χ3v) is 5.08. The molecule has 0 amide bonds. The van der Waals surface area contributed by atoms with Crippen molar-refractivity contribution in [3.8, 4) is 5.75 Å². The minimum Gasteiger partial charge on any atom is -0.495 e. The zero-order valence-corrected chi connectivity index (χ0v) is 17.0. The number of nitrogens with zero attached hydrogens (tertiary/aromatic N) is 1. The molecule has 0 atom stereocenters. The number of hydrogen-bond donors (Lipinski definition) is 1. The number of fused-ring (bicyclic) bond motifs is 1. The fourth-order valence-electron chi connectivity index (χ4n) is 2.78. The van der Waals surface area contributed by atoms with Crippen LogP contribution in [0.4, 0.5) is 5.69 Å². The number of methoxy groups -OCH3 is 1. The van der Waals surface area contributed by atoms with Gasteiger partial charge in [-0.2, -0.15) is 0 Å². The lowest BCUT2D eigenvalue weighted by Gasteiger charge is -2.15. The van der Waals surface area contributed by atoms with Gasteiger partial charge in [0.2, 0.25) is 0 Å². The monoisotopic (exact) mass is 438 g/mol. The molecule has 0 spiro atoms. The Labute approximate surface area is 165 Å². The zero-order chi connectivity index (χ0) is 18.0. The van der Waals surface area contributed by atoms with Gasteiger partial charge in [-0.1, -0.05) is 33.6 Å². The molecule has 0 saturated heterocycles. The maximum atomic E-state index is 6.21. The van der Waals surface area contributed by atoms with E-state index in [9.17, 15) is 0 Å². The molecule has 1 aromatic heterocycles. The third-order valence-electron chi connectivity index (χ3n) is 4.03. The van der Waals surface area contributed by atoms with E-state index in [0.717, 1.165) is 37.8 Å². The smallest absolute Gasteiger partial charge is 0.137 e. The van der Waals surface area contributed by atoms with Gasteiger partial charge < -0.3 is 10.1 Å².